The van der Waals surface area contributed by atoms with Crippen molar-refractivity contribution in [3.05, 3.63) is 35.4 Å². The molecule has 0 fully saturated rings. The Kier molecular flexibility index (Phi) is 5.35. The molecule has 18 heavy (non-hydrogen) atoms. The highest BCUT2D eigenvalue weighted by molar-refractivity contribution is 5.67. The number of carboxylic acids is 1. The van der Waals surface area contributed by atoms with Crippen LogP contribution in [0.4, 0.5) is 0 Å². The molecule has 100 valence electrons. The first-order valence-electron chi connectivity index (χ1n) is 6.38. The summed E-state index contributed by atoms with van der Waals surface area (Å²) in [6, 6.07) is 8.07. The molecular formula is C15H22O3. The number of carbonyl (C=O) groups is 1. The number of benzene rings is 1. The third-order valence-corrected chi connectivity index (χ3v) is 3.11. The van der Waals surface area contributed by atoms with Crippen molar-refractivity contribution in [1.29, 1.82) is 0 Å². The van der Waals surface area contributed by atoms with Gasteiger partial charge in [0.25, 0.3) is 0 Å². The zero-order valence-electron chi connectivity index (χ0n) is 11.3. The van der Waals surface area contributed by atoms with Crippen molar-refractivity contribution in [2.45, 2.75) is 45.6 Å². The summed E-state index contributed by atoms with van der Waals surface area (Å²) in [5.41, 5.74) is 2.25. The van der Waals surface area contributed by atoms with Gasteiger partial charge in [-0.1, -0.05) is 45.0 Å². The smallest absolute Gasteiger partial charge is 0.305 e. The fourth-order valence-electron chi connectivity index (χ4n) is 2.01. The van der Waals surface area contributed by atoms with Crippen molar-refractivity contribution >= 4 is 5.97 Å². The minimum absolute atomic E-state index is 0.158. The maximum absolute atomic E-state index is 10.6. The molecule has 0 spiro atoms. The molecule has 0 amide bonds. The van der Waals surface area contributed by atoms with E-state index in [-0.39, 0.29) is 12.3 Å². The Balaban J connectivity index is 2.69. The van der Waals surface area contributed by atoms with E-state index in [4.69, 9.17) is 5.11 Å². The van der Waals surface area contributed by atoms with Gasteiger partial charge in [0.2, 0.25) is 0 Å². The molecule has 0 saturated carbocycles. The fourth-order valence-corrected chi connectivity index (χ4v) is 2.01. The first-order chi connectivity index (χ1) is 8.40. The Hall–Kier alpha value is -1.35. The molecule has 3 heteroatoms. The van der Waals surface area contributed by atoms with E-state index in [2.05, 4.69) is 26.0 Å². The van der Waals surface area contributed by atoms with Crippen molar-refractivity contribution in [1.82, 2.24) is 0 Å². The molecule has 0 bridgehead atoms. The van der Waals surface area contributed by atoms with E-state index in [0.717, 1.165) is 12.0 Å². The molecule has 0 aromatic heterocycles. The van der Waals surface area contributed by atoms with Crippen LogP contribution in [-0.4, -0.2) is 22.3 Å². The Bertz CT molecular complexity index is 381. The van der Waals surface area contributed by atoms with Crippen LogP contribution in [0.1, 0.15) is 44.2 Å². The maximum atomic E-state index is 10.6. The highest BCUT2D eigenvalue weighted by Crippen LogP contribution is 2.22. The van der Waals surface area contributed by atoms with Gasteiger partial charge in [0, 0.05) is 5.92 Å². The Morgan fingerprint density at radius 1 is 1.17 bits per heavy atom. The van der Waals surface area contributed by atoms with Crippen LogP contribution >= 0.6 is 0 Å². The largest absolute Gasteiger partial charge is 0.481 e. The van der Waals surface area contributed by atoms with Crippen LogP contribution in [0.15, 0.2) is 24.3 Å². The van der Waals surface area contributed by atoms with Crippen LogP contribution in [-0.2, 0) is 11.2 Å². The normalized spacial score (nSPS) is 14.5. The molecule has 0 aliphatic carbocycles. The second-order valence-electron chi connectivity index (χ2n) is 5.29. The lowest BCUT2D eigenvalue weighted by molar-refractivity contribution is -0.139. The predicted molar refractivity (Wildman–Crippen MR) is 71.7 cm³/mol. The lowest BCUT2D eigenvalue weighted by atomic mass is 9.92. The quantitative estimate of drug-likeness (QED) is 0.816. The molecule has 0 aliphatic rings. The molecule has 1 aromatic carbocycles. The summed E-state index contributed by atoms with van der Waals surface area (Å²) in [6.07, 6.45) is -0.0141. The SMILES string of the molecule is CC(C)Cc1ccc(C(C)C(O)CC(=O)O)cc1. The number of carboxylic acid groups (broad SMARTS) is 1. The number of aliphatic hydroxyl groups excluding tert-OH is 1. The van der Waals surface area contributed by atoms with E-state index in [1.165, 1.54) is 5.56 Å². The summed E-state index contributed by atoms with van der Waals surface area (Å²) in [6.45, 7) is 6.20. The third-order valence-electron chi connectivity index (χ3n) is 3.11. The van der Waals surface area contributed by atoms with E-state index in [1.807, 2.05) is 19.1 Å². The number of hydrogen-bond donors (Lipinski definition) is 2. The zero-order chi connectivity index (χ0) is 13.7. The summed E-state index contributed by atoms with van der Waals surface area (Å²) in [5.74, 6) is -0.508. The lowest BCUT2D eigenvalue weighted by Gasteiger charge is -2.18. The number of aliphatic carboxylic acids is 1. The van der Waals surface area contributed by atoms with Crippen LogP contribution in [0.25, 0.3) is 0 Å². The van der Waals surface area contributed by atoms with Gasteiger partial charge < -0.3 is 10.2 Å². The van der Waals surface area contributed by atoms with E-state index in [1.54, 1.807) is 0 Å². The van der Waals surface area contributed by atoms with Crippen LogP contribution in [0.2, 0.25) is 0 Å². The van der Waals surface area contributed by atoms with Gasteiger partial charge in [-0.3, -0.25) is 4.79 Å². The zero-order valence-corrected chi connectivity index (χ0v) is 11.3. The summed E-state index contributed by atoms with van der Waals surface area (Å²) in [7, 11) is 0. The average Bonchev–Trinajstić information content (AvgIpc) is 2.27. The second kappa shape index (κ2) is 6.55. The predicted octanol–water partition coefficient (Wildman–Crippen LogP) is 2.82. The van der Waals surface area contributed by atoms with Crippen molar-refractivity contribution in [2.24, 2.45) is 5.92 Å². The van der Waals surface area contributed by atoms with Crippen molar-refractivity contribution < 1.29 is 15.0 Å². The highest BCUT2D eigenvalue weighted by Gasteiger charge is 2.19. The van der Waals surface area contributed by atoms with Crippen LogP contribution in [0.5, 0.6) is 0 Å². The fraction of sp³-hybridized carbons (Fsp3) is 0.533. The Morgan fingerprint density at radius 3 is 2.17 bits per heavy atom. The first-order valence-corrected chi connectivity index (χ1v) is 6.38. The molecule has 1 rings (SSSR count). The van der Waals surface area contributed by atoms with Gasteiger partial charge in [-0.05, 0) is 23.5 Å². The molecule has 3 nitrogen and oxygen atoms in total. The number of aliphatic hydroxyl groups is 1. The molecule has 0 radical (unpaired) electrons. The molecule has 0 saturated heterocycles. The van der Waals surface area contributed by atoms with Gasteiger partial charge in [-0.25, -0.2) is 0 Å². The highest BCUT2D eigenvalue weighted by atomic mass is 16.4. The second-order valence-corrected chi connectivity index (χ2v) is 5.29. The number of hydrogen-bond acceptors (Lipinski definition) is 2. The van der Waals surface area contributed by atoms with E-state index in [9.17, 15) is 9.90 Å². The molecule has 0 aliphatic heterocycles. The lowest BCUT2D eigenvalue weighted by Crippen LogP contribution is -2.19. The van der Waals surface area contributed by atoms with Crippen LogP contribution in [0, 0.1) is 5.92 Å². The third kappa shape index (κ3) is 4.49. The van der Waals surface area contributed by atoms with Gasteiger partial charge in [0.1, 0.15) is 0 Å². The topological polar surface area (TPSA) is 57.5 Å². The minimum atomic E-state index is -0.967. The van der Waals surface area contributed by atoms with Crippen molar-refractivity contribution in [3.63, 3.8) is 0 Å². The summed E-state index contributed by atoms with van der Waals surface area (Å²) in [4.78, 5) is 10.6. The minimum Gasteiger partial charge on any atom is -0.481 e. The van der Waals surface area contributed by atoms with Crippen molar-refractivity contribution in [2.75, 3.05) is 0 Å². The molecule has 2 unspecified atom stereocenters. The Labute approximate surface area is 108 Å². The maximum Gasteiger partial charge on any atom is 0.305 e. The van der Waals surface area contributed by atoms with Crippen LogP contribution < -0.4 is 0 Å². The average molecular weight is 250 g/mol. The number of rotatable bonds is 6. The molecular weight excluding hydrogens is 228 g/mol. The van der Waals surface area contributed by atoms with Gasteiger partial charge in [-0.15, -0.1) is 0 Å². The van der Waals surface area contributed by atoms with Gasteiger partial charge in [0.15, 0.2) is 0 Å². The summed E-state index contributed by atoms with van der Waals surface area (Å²) in [5, 5.41) is 18.4. The molecule has 1 aromatic rings. The van der Waals surface area contributed by atoms with E-state index < -0.39 is 12.1 Å². The van der Waals surface area contributed by atoms with Crippen LogP contribution in [0.3, 0.4) is 0 Å². The molecule has 0 heterocycles. The molecule has 2 atom stereocenters. The summed E-state index contributed by atoms with van der Waals surface area (Å²) >= 11 is 0. The van der Waals surface area contributed by atoms with Crippen molar-refractivity contribution in [3.8, 4) is 0 Å². The van der Waals surface area contributed by atoms with Gasteiger partial charge >= 0.3 is 5.97 Å². The Morgan fingerprint density at radius 2 is 1.72 bits per heavy atom. The van der Waals surface area contributed by atoms with E-state index in [0.29, 0.717) is 5.92 Å². The first kappa shape index (κ1) is 14.7. The monoisotopic (exact) mass is 250 g/mol. The van der Waals surface area contributed by atoms with Gasteiger partial charge in [-0.2, -0.15) is 0 Å². The van der Waals surface area contributed by atoms with Gasteiger partial charge in [0.05, 0.1) is 12.5 Å². The summed E-state index contributed by atoms with van der Waals surface area (Å²) < 4.78 is 0. The standard InChI is InChI=1S/C15H22O3/c1-10(2)8-12-4-6-13(7-5-12)11(3)14(16)9-15(17)18/h4-7,10-11,14,16H,8-9H2,1-3H3,(H,17,18). The van der Waals surface area contributed by atoms with E-state index >= 15 is 0 Å². The molecule has 2 N–H and O–H groups in total.